The van der Waals surface area contributed by atoms with Crippen molar-refractivity contribution < 1.29 is 23.8 Å². The third-order valence-corrected chi connectivity index (χ3v) is 3.98. The Labute approximate surface area is 171 Å². The van der Waals surface area contributed by atoms with E-state index in [-0.39, 0.29) is 0 Å². The Morgan fingerprint density at radius 1 is 0.966 bits per heavy atom. The van der Waals surface area contributed by atoms with Crippen LogP contribution in [0.1, 0.15) is 32.3 Å². The van der Waals surface area contributed by atoms with E-state index in [9.17, 15) is 9.59 Å². The predicted molar refractivity (Wildman–Crippen MR) is 112 cm³/mol. The minimum Gasteiger partial charge on any atom is -0.497 e. The highest BCUT2D eigenvalue weighted by atomic mass is 16.6. The number of hydrogen-bond acceptors (Lipinski definition) is 5. The average molecular weight is 397 g/mol. The topological polar surface area (TPSA) is 65.1 Å². The van der Waals surface area contributed by atoms with Crippen molar-refractivity contribution in [1.29, 1.82) is 0 Å². The van der Waals surface area contributed by atoms with Crippen molar-refractivity contribution >= 4 is 17.7 Å². The van der Waals surface area contributed by atoms with Crippen LogP contribution in [0.2, 0.25) is 0 Å². The van der Waals surface area contributed by atoms with E-state index in [1.165, 1.54) is 18.2 Å². The van der Waals surface area contributed by atoms with E-state index in [4.69, 9.17) is 14.2 Å². The summed E-state index contributed by atoms with van der Waals surface area (Å²) in [6.07, 6.45) is 2.59. The fourth-order valence-electron chi connectivity index (χ4n) is 2.59. The van der Waals surface area contributed by atoms with Gasteiger partial charge in [0.2, 0.25) is 0 Å². The summed E-state index contributed by atoms with van der Waals surface area (Å²) in [6, 6.07) is 16.2. The molecule has 0 saturated carbocycles. The highest BCUT2D eigenvalue weighted by molar-refractivity contribution is 5.90. The molecule has 2 aromatic rings. The molecule has 6 heteroatoms. The summed E-state index contributed by atoms with van der Waals surface area (Å²) in [5.41, 5.74) is 0.666. The summed E-state index contributed by atoms with van der Waals surface area (Å²) in [6.45, 7) is 5.38. The van der Waals surface area contributed by atoms with E-state index < -0.39 is 23.6 Å². The normalized spacial score (nSPS) is 12.3. The first-order valence-electron chi connectivity index (χ1n) is 9.22. The van der Waals surface area contributed by atoms with Crippen LogP contribution in [0.5, 0.6) is 5.75 Å². The molecule has 2 rings (SSSR count). The molecular weight excluding hydrogens is 370 g/mol. The first kappa shape index (κ1) is 22.0. The summed E-state index contributed by atoms with van der Waals surface area (Å²) in [4.78, 5) is 26.5. The van der Waals surface area contributed by atoms with Crippen LogP contribution in [0.25, 0.3) is 0 Å². The molecule has 0 aromatic heterocycles. The van der Waals surface area contributed by atoms with E-state index in [0.29, 0.717) is 11.4 Å². The fourth-order valence-corrected chi connectivity index (χ4v) is 2.59. The van der Waals surface area contributed by atoms with Crippen LogP contribution in [0.4, 0.5) is 10.5 Å². The molecule has 0 N–H and O–H groups in total. The zero-order valence-electron chi connectivity index (χ0n) is 17.4. The van der Waals surface area contributed by atoms with Gasteiger partial charge in [0, 0.05) is 6.20 Å². The first-order valence-corrected chi connectivity index (χ1v) is 9.22. The quantitative estimate of drug-likeness (QED) is 0.648. The Bertz CT molecular complexity index is 838. The maximum Gasteiger partial charge on any atom is 0.418 e. The third-order valence-electron chi connectivity index (χ3n) is 3.98. The molecule has 29 heavy (non-hydrogen) atoms. The summed E-state index contributed by atoms with van der Waals surface area (Å²) < 4.78 is 15.6. The second-order valence-electron chi connectivity index (χ2n) is 7.30. The second-order valence-corrected chi connectivity index (χ2v) is 7.30. The SMILES string of the molecule is COC(=O)[C@H](/C=C\N(C(=O)OC(C)(C)C)c1ccc(OC)cc1)c1ccccc1. The monoisotopic (exact) mass is 397 g/mol. The number of amides is 1. The summed E-state index contributed by atoms with van der Waals surface area (Å²) >= 11 is 0. The molecule has 0 aliphatic rings. The van der Waals surface area contributed by atoms with Crippen molar-refractivity contribution in [3.8, 4) is 5.75 Å². The number of benzene rings is 2. The van der Waals surface area contributed by atoms with Crippen LogP contribution in [0.3, 0.4) is 0 Å². The zero-order chi connectivity index (χ0) is 21.4. The Hall–Kier alpha value is -3.28. The molecule has 1 atom stereocenters. The van der Waals surface area contributed by atoms with E-state index in [0.717, 1.165) is 5.56 Å². The third kappa shape index (κ3) is 6.38. The number of esters is 1. The molecule has 154 valence electrons. The van der Waals surface area contributed by atoms with Gasteiger partial charge in [-0.05, 0) is 56.7 Å². The number of nitrogens with zero attached hydrogens (tertiary/aromatic N) is 1. The van der Waals surface area contributed by atoms with Crippen molar-refractivity contribution in [2.75, 3.05) is 19.1 Å². The molecule has 0 bridgehead atoms. The predicted octanol–water partition coefficient (Wildman–Crippen LogP) is 4.91. The molecule has 0 aliphatic carbocycles. The van der Waals surface area contributed by atoms with Crippen LogP contribution >= 0.6 is 0 Å². The van der Waals surface area contributed by atoms with Gasteiger partial charge in [0.25, 0.3) is 0 Å². The number of anilines is 1. The second kappa shape index (κ2) is 9.78. The maximum absolute atomic E-state index is 12.8. The van der Waals surface area contributed by atoms with Crippen molar-refractivity contribution in [3.63, 3.8) is 0 Å². The molecule has 6 nitrogen and oxygen atoms in total. The minimum atomic E-state index is -0.670. The Balaban J connectivity index is 2.40. The van der Waals surface area contributed by atoms with Gasteiger partial charge in [-0.1, -0.05) is 30.3 Å². The van der Waals surface area contributed by atoms with Gasteiger partial charge in [-0.15, -0.1) is 0 Å². The van der Waals surface area contributed by atoms with E-state index >= 15 is 0 Å². The number of carbonyl (C=O) groups is 2. The van der Waals surface area contributed by atoms with Crippen LogP contribution in [0.15, 0.2) is 66.9 Å². The van der Waals surface area contributed by atoms with Gasteiger partial charge in [0.1, 0.15) is 17.3 Å². The van der Waals surface area contributed by atoms with E-state index in [1.807, 2.05) is 30.3 Å². The van der Waals surface area contributed by atoms with Crippen molar-refractivity contribution in [3.05, 3.63) is 72.4 Å². The van der Waals surface area contributed by atoms with Crippen LogP contribution in [-0.2, 0) is 14.3 Å². The lowest BCUT2D eigenvalue weighted by molar-refractivity contribution is -0.141. The first-order chi connectivity index (χ1) is 13.7. The van der Waals surface area contributed by atoms with Crippen molar-refractivity contribution in [2.45, 2.75) is 32.3 Å². The molecule has 0 aliphatic heterocycles. The molecule has 1 amide bonds. The Kier molecular flexibility index (Phi) is 7.42. The Morgan fingerprint density at radius 3 is 2.10 bits per heavy atom. The molecule has 0 radical (unpaired) electrons. The highest BCUT2D eigenvalue weighted by Crippen LogP contribution is 2.24. The summed E-state index contributed by atoms with van der Waals surface area (Å²) in [7, 11) is 2.91. The number of methoxy groups -OCH3 is 2. The van der Waals surface area contributed by atoms with Crippen LogP contribution in [0, 0.1) is 0 Å². The van der Waals surface area contributed by atoms with Crippen molar-refractivity contribution in [2.24, 2.45) is 0 Å². The van der Waals surface area contributed by atoms with Gasteiger partial charge in [-0.2, -0.15) is 0 Å². The van der Waals surface area contributed by atoms with Gasteiger partial charge in [-0.3, -0.25) is 9.69 Å². The summed E-state index contributed by atoms with van der Waals surface area (Å²) in [5.74, 6) is -0.422. The Morgan fingerprint density at radius 2 is 1.59 bits per heavy atom. The number of carbonyl (C=O) groups excluding carboxylic acids is 2. The maximum atomic E-state index is 12.8. The standard InChI is InChI=1S/C23H27NO5/c1-23(2,3)29-22(26)24(18-11-13-19(27-4)14-12-18)16-15-20(21(25)28-5)17-9-7-6-8-10-17/h6-16,20H,1-5H3/b16-15-/t20-/m1/s1. The molecule has 0 heterocycles. The molecule has 2 aromatic carbocycles. The highest BCUT2D eigenvalue weighted by Gasteiger charge is 2.24. The van der Waals surface area contributed by atoms with Gasteiger partial charge in [0.15, 0.2) is 0 Å². The van der Waals surface area contributed by atoms with Crippen molar-refractivity contribution in [1.82, 2.24) is 0 Å². The minimum absolute atomic E-state index is 0.425. The number of hydrogen-bond donors (Lipinski definition) is 0. The number of rotatable bonds is 6. The average Bonchev–Trinajstić information content (AvgIpc) is 2.70. The van der Waals surface area contributed by atoms with Gasteiger partial charge in [0.05, 0.1) is 19.9 Å². The smallest absolute Gasteiger partial charge is 0.418 e. The lowest BCUT2D eigenvalue weighted by atomic mass is 9.99. The fraction of sp³-hybridized carbons (Fsp3) is 0.304. The zero-order valence-corrected chi connectivity index (χ0v) is 17.4. The summed E-state index contributed by atoms with van der Waals surface area (Å²) in [5, 5.41) is 0. The van der Waals surface area contributed by atoms with Gasteiger partial charge >= 0.3 is 12.1 Å². The molecule has 0 fully saturated rings. The van der Waals surface area contributed by atoms with Gasteiger partial charge in [-0.25, -0.2) is 4.79 Å². The van der Waals surface area contributed by atoms with Gasteiger partial charge < -0.3 is 14.2 Å². The molecular formula is C23H27NO5. The van der Waals surface area contributed by atoms with E-state index in [2.05, 4.69) is 0 Å². The molecule has 0 unspecified atom stereocenters. The van der Waals surface area contributed by atoms with Crippen LogP contribution in [-0.4, -0.2) is 31.9 Å². The molecule has 0 saturated heterocycles. The number of ether oxygens (including phenoxy) is 3. The van der Waals surface area contributed by atoms with Crippen LogP contribution < -0.4 is 9.64 Å². The van der Waals surface area contributed by atoms with E-state index in [1.54, 1.807) is 58.2 Å². The largest absolute Gasteiger partial charge is 0.497 e. The molecule has 0 spiro atoms. The lowest BCUT2D eigenvalue weighted by Gasteiger charge is -2.25. The lowest BCUT2D eigenvalue weighted by Crippen LogP contribution is -2.33.